The zero-order valence-electron chi connectivity index (χ0n) is 10.8. The molecule has 20 heavy (non-hydrogen) atoms. The van der Waals surface area contributed by atoms with Gasteiger partial charge in [-0.05, 0) is 0 Å². The SMILES string of the molecule is COc1ccc(CNc2cccc3n[se]nc23)cc1Cl. The Hall–Kier alpha value is -1.55. The van der Waals surface area contributed by atoms with E-state index < -0.39 is 0 Å². The molecule has 3 aromatic rings. The van der Waals surface area contributed by atoms with Crippen molar-refractivity contribution in [3.63, 3.8) is 0 Å². The molecule has 102 valence electrons. The molecule has 4 nitrogen and oxygen atoms in total. The molecule has 0 spiro atoms. The Morgan fingerprint density at radius 3 is 2.95 bits per heavy atom. The van der Waals surface area contributed by atoms with Gasteiger partial charge >= 0.3 is 128 Å². The van der Waals surface area contributed by atoms with Crippen molar-refractivity contribution in [3.05, 3.63) is 47.0 Å². The Balaban J connectivity index is 1.79. The third-order valence-corrected chi connectivity index (χ3v) is 4.42. The summed E-state index contributed by atoms with van der Waals surface area (Å²) in [6.07, 6.45) is 0. The van der Waals surface area contributed by atoms with Crippen LogP contribution >= 0.6 is 11.6 Å². The summed E-state index contributed by atoms with van der Waals surface area (Å²) < 4.78 is 14.0. The minimum absolute atomic E-state index is 0.0104. The van der Waals surface area contributed by atoms with Crippen molar-refractivity contribution < 1.29 is 4.74 Å². The van der Waals surface area contributed by atoms with E-state index in [1.165, 1.54) is 0 Å². The molecule has 0 saturated heterocycles. The Morgan fingerprint density at radius 1 is 1.25 bits per heavy atom. The van der Waals surface area contributed by atoms with Crippen molar-refractivity contribution in [1.29, 1.82) is 0 Å². The first-order chi connectivity index (χ1) is 9.78. The number of nitrogens with zero attached hydrogens (tertiary/aromatic N) is 2. The Morgan fingerprint density at radius 2 is 2.15 bits per heavy atom. The number of aromatic nitrogens is 2. The summed E-state index contributed by atoms with van der Waals surface area (Å²) in [6, 6.07) is 11.8. The van der Waals surface area contributed by atoms with E-state index in [0.717, 1.165) is 22.3 Å². The Kier molecular flexibility index (Phi) is 3.92. The molecular weight excluding hydrogens is 341 g/mol. The topological polar surface area (TPSA) is 47.0 Å². The number of hydrogen-bond donors (Lipinski definition) is 1. The van der Waals surface area contributed by atoms with Crippen LogP contribution in [0.1, 0.15) is 5.56 Å². The van der Waals surface area contributed by atoms with Gasteiger partial charge in [0.15, 0.2) is 0 Å². The molecule has 0 bridgehead atoms. The average Bonchev–Trinajstić information content (AvgIpc) is 2.94. The molecule has 0 fully saturated rings. The molecule has 6 heteroatoms. The molecule has 0 aliphatic rings. The molecule has 0 amide bonds. The molecule has 0 unspecified atom stereocenters. The van der Waals surface area contributed by atoms with Crippen LogP contribution < -0.4 is 10.1 Å². The van der Waals surface area contributed by atoms with Gasteiger partial charge in [-0.3, -0.25) is 0 Å². The van der Waals surface area contributed by atoms with E-state index in [9.17, 15) is 0 Å². The van der Waals surface area contributed by atoms with Gasteiger partial charge in [0.25, 0.3) is 0 Å². The van der Waals surface area contributed by atoms with Gasteiger partial charge < -0.3 is 0 Å². The quantitative estimate of drug-likeness (QED) is 0.733. The Labute approximate surface area is 128 Å². The second kappa shape index (κ2) is 5.83. The average molecular weight is 353 g/mol. The molecule has 3 rings (SSSR count). The first-order valence-electron chi connectivity index (χ1n) is 6.05. The van der Waals surface area contributed by atoms with Crippen LogP contribution in [-0.4, -0.2) is 30.0 Å². The number of anilines is 1. The van der Waals surface area contributed by atoms with Crippen LogP contribution in [0.2, 0.25) is 5.02 Å². The van der Waals surface area contributed by atoms with Crippen LogP contribution in [0.4, 0.5) is 5.69 Å². The van der Waals surface area contributed by atoms with Crippen LogP contribution in [0, 0.1) is 0 Å². The van der Waals surface area contributed by atoms with E-state index in [4.69, 9.17) is 16.3 Å². The van der Waals surface area contributed by atoms with Gasteiger partial charge in [-0.1, -0.05) is 0 Å². The fourth-order valence-corrected chi connectivity index (χ4v) is 3.40. The van der Waals surface area contributed by atoms with E-state index in [0.29, 0.717) is 17.3 Å². The molecule has 0 saturated carbocycles. The van der Waals surface area contributed by atoms with Gasteiger partial charge in [-0.25, -0.2) is 0 Å². The van der Waals surface area contributed by atoms with Crippen molar-refractivity contribution in [3.8, 4) is 5.75 Å². The predicted octanol–water partition coefficient (Wildman–Crippen LogP) is 2.96. The van der Waals surface area contributed by atoms with Crippen molar-refractivity contribution in [2.75, 3.05) is 12.4 Å². The van der Waals surface area contributed by atoms with Gasteiger partial charge in [-0.2, -0.15) is 0 Å². The second-order valence-electron chi connectivity index (χ2n) is 4.26. The van der Waals surface area contributed by atoms with Crippen LogP contribution in [0.25, 0.3) is 11.0 Å². The van der Waals surface area contributed by atoms with Crippen molar-refractivity contribution in [2.45, 2.75) is 6.54 Å². The van der Waals surface area contributed by atoms with Crippen LogP contribution in [0.3, 0.4) is 0 Å². The number of methoxy groups -OCH3 is 1. The summed E-state index contributed by atoms with van der Waals surface area (Å²) >= 11 is 6.11. The van der Waals surface area contributed by atoms with Gasteiger partial charge in [0.1, 0.15) is 0 Å². The van der Waals surface area contributed by atoms with Crippen molar-refractivity contribution in [1.82, 2.24) is 7.96 Å². The molecule has 1 heterocycles. The third-order valence-electron chi connectivity index (χ3n) is 2.99. The van der Waals surface area contributed by atoms with Crippen LogP contribution in [0.15, 0.2) is 36.4 Å². The van der Waals surface area contributed by atoms with Gasteiger partial charge in [0, 0.05) is 0 Å². The Bertz CT molecular complexity index is 744. The monoisotopic (exact) mass is 353 g/mol. The second-order valence-corrected chi connectivity index (χ2v) is 5.78. The number of halogens is 1. The molecule has 0 atom stereocenters. The third kappa shape index (κ3) is 2.66. The standard InChI is InChI=1S/C14H12ClN3OSe/c1-19-13-6-5-9(7-10(13)15)8-16-11-3-2-4-12-14(11)18-20-17-12/h2-7,16H,8H2,1H3. The first kappa shape index (κ1) is 13.4. The van der Waals surface area contributed by atoms with Crippen LogP contribution in [0.5, 0.6) is 5.75 Å². The number of nitrogens with one attached hydrogen (secondary N) is 1. The number of benzene rings is 2. The first-order valence-corrected chi connectivity index (χ1v) is 7.96. The van der Waals surface area contributed by atoms with Crippen molar-refractivity contribution >= 4 is 43.3 Å². The van der Waals surface area contributed by atoms with E-state index in [2.05, 4.69) is 13.3 Å². The maximum absolute atomic E-state index is 6.12. The number of rotatable bonds is 4. The van der Waals surface area contributed by atoms with Gasteiger partial charge in [-0.15, -0.1) is 0 Å². The summed E-state index contributed by atoms with van der Waals surface area (Å²) in [5.74, 6) is 0.688. The van der Waals surface area contributed by atoms with Crippen LogP contribution in [-0.2, 0) is 6.54 Å². The summed E-state index contributed by atoms with van der Waals surface area (Å²) in [7, 11) is 1.61. The van der Waals surface area contributed by atoms with E-state index >= 15 is 0 Å². The van der Waals surface area contributed by atoms with Gasteiger partial charge in [0.2, 0.25) is 0 Å². The normalized spacial score (nSPS) is 10.7. The fourth-order valence-electron chi connectivity index (χ4n) is 1.97. The van der Waals surface area contributed by atoms with Crippen molar-refractivity contribution in [2.24, 2.45) is 0 Å². The molecular formula is C14H12ClN3OSe. The number of ether oxygens (including phenoxy) is 1. The fraction of sp³-hybridized carbons (Fsp3) is 0.143. The summed E-state index contributed by atoms with van der Waals surface area (Å²) in [6.45, 7) is 0.683. The zero-order valence-corrected chi connectivity index (χ0v) is 13.2. The maximum atomic E-state index is 6.12. The predicted molar refractivity (Wildman–Crippen MR) is 81.8 cm³/mol. The molecule has 0 radical (unpaired) electrons. The van der Waals surface area contributed by atoms with E-state index in [1.54, 1.807) is 7.11 Å². The number of hydrogen-bond acceptors (Lipinski definition) is 4. The molecule has 1 N–H and O–H groups in total. The number of fused-ring (bicyclic) bond motifs is 1. The minimum atomic E-state index is -0.0104. The molecule has 2 aromatic carbocycles. The molecule has 0 aliphatic carbocycles. The molecule has 0 aliphatic heterocycles. The van der Waals surface area contributed by atoms with Gasteiger partial charge in [0.05, 0.1) is 0 Å². The summed E-state index contributed by atoms with van der Waals surface area (Å²) in [5.41, 5.74) is 4.04. The summed E-state index contributed by atoms with van der Waals surface area (Å²) in [4.78, 5) is 0. The molecule has 1 aromatic heterocycles. The van der Waals surface area contributed by atoms with E-state index in [-0.39, 0.29) is 15.0 Å². The summed E-state index contributed by atoms with van der Waals surface area (Å²) in [5, 5.41) is 4.00. The van der Waals surface area contributed by atoms with E-state index in [1.807, 2.05) is 36.4 Å². The zero-order chi connectivity index (χ0) is 13.9.